The summed E-state index contributed by atoms with van der Waals surface area (Å²) in [6, 6.07) is 3.21. The Kier molecular flexibility index (Phi) is 4.72. The molecule has 5 heteroatoms. The quantitative estimate of drug-likeness (QED) is 0.713. The minimum absolute atomic E-state index is 0.0313. The predicted molar refractivity (Wildman–Crippen MR) is 60.4 cm³/mol. The maximum Gasteiger partial charge on any atom is 0.201 e. The molecule has 0 bridgehead atoms. The van der Waals surface area contributed by atoms with E-state index in [9.17, 15) is 5.11 Å². The molecule has 0 amide bonds. The molecule has 0 heterocycles. The van der Waals surface area contributed by atoms with Crippen molar-refractivity contribution in [2.45, 2.75) is 6.42 Å². The fourth-order valence-electron chi connectivity index (χ4n) is 1.23. The summed E-state index contributed by atoms with van der Waals surface area (Å²) in [6.45, 7) is 1.10. The van der Waals surface area contributed by atoms with Crippen molar-refractivity contribution >= 4 is 0 Å². The molecule has 1 rings (SSSR count). The molecule has 0 fully saturated rings. The van der Waals surface area contributed by atoms with E-state index in [0.29, 0.717) is 30.4 Å². The Balaban J connectivity index is 2.84. The van der Waals surface area contributed by atoms with Gasteiger partial charge in [-0.25, -0.2) is 0 Å². The van der Waals surface area contributed by atoms with Gasteiger partial charge in [0, 0.05) is 12.1 Å². The van der Waals surface area contributed by atoms with Crippen molar-refractivity contribution in [2.75, 3.05) is 27.4 Å². The van der Waals surface area contributed by atoms with Gasteiger partial charge in [-0.1, -0.05) is 0 Å². The van der Waals surface area contributed by atoms with E-state index >= 15 is 0 Å². The summed E-state index contributed by atoms with van der Waals surface area (Å²) < 4.78 is 15.4. The Morgan fingerprint density at radius 1 is 1.19 bits per heavy atom. The number of phenolic OH excluding ortho intramolecular Hbond substituents is 1. The molecule has 0 radical (unpaired) electrons. The third-order valence-electron chi connectivity index (χ3n) is 2.07. The second-order valence-electron chi connectivity index (χ2n) is 3.17. The molecule has 3 N–H and O–H groups in total. The van der Waals surface area contributed by atoms with Gasteiger partial charge in [-0.3, -0.25) is 0 Å². The highest BCUT2D eigenvalue weighted by Crippen LogP contribution is 2.39. The molecular weight excluding hydrogens is 210 g/mol. The highest BCUT2D eigenvalue weighted by molar-refractivity contribution is 5.54. The Morgan fingerprint density at radius 3 is 2.19 bits per heavy atom. The Bertz CT molecular complexity index is 316. The molecule has 1 aromatic rings. The number of phenols is 1. The summed E-state index contributed by atoms with van der Waals surface area (Å²) in [5.74, 6) is 1.19. The van der Waals surface area contributed by atoms with E-state index in [1.807, 2.05) is 0 Å². The molecule has 0 aliphatic rings. The van der Waals surface area contributed by atoms with E-state index in [1.165, 1.54) is 14.2 Å². The maximum absolute atomic E-state index is 9.66. The van der Waals surface area contributed by atoms with Crippen LogP contribution in [0.15, 0.2) is 12.1 Å². The van der Waals surface area contributed by atoms with Crippen LogP contribution in [0.3, 0.4) is 0 Å². The molecule has 0 atom stereocenters. The number of nitrogens with two attached hydrogens (primary N) is 1. The first-order valence-corrected chi connectivity index (χ1v) is 5.00. The molecule has 0 saturated carbocycles. The largest absolute Gasteiger partial charge is 0.502 e. The van der Waals surface area contributed by atoms with Gasteiger partial charge in [0.15, 0.2) is 11.5 Å². The van der Waals surface area contributed by atoms with E-state index < -0.39 is 0 Å². The van der Waals surface area contributed by atoms with Crippen LogP contribution in [-0.4, -0.2) is 32.5 Å². The van der Waals surface area contributed by atoms with E-state index in [-0.39, 0.29) is 5.75 Å². The summed E-state index contributed by atoms with van der Waals surface area (Å²) >= 11 is 0. The van der Waals surface area contributed by atoms with Crippen LogP contribution in [0.25, 0.3) is 0 Å². The Morgan fingerprint density at radius 2 is 1.75 bits per heavy atom. The average Bonchev–Trinajstić information content (AvgIpc) is 2.31. The number of benzene rings is 1. The topological polar surface area (TPSA) is 73.9 Å². The van der Waals surface area contributed by atoms with Gasteiger partial charge >= 0.3 is 0 Å². The zero-order valence-electron chi connectivity index (χ0n) is 9.53. The van der Waals surface area contributed by atoms with Gasteiger partial charge in [0.2, 0.25) is 5.75 Å². The summed E-state index contributed by atoms with van der Waals surface area (Å²) in [6.07, 6.45) is 0.769. The molecule has 0 spiro atoms. The van der Waals surface area contributed by atoms with Crippen LogP contribution in [0.4, 0.5) is 0 Å². The third kappa shape index (κ3) is 2.93. The predicted octanol–water partition coefficient (Wildman–Crippen LogP) is 1.14. The lowest BCUT2D eigenvalue weighted by atomic mass is 10.2. The van der Waals surface area contributed by atoms with Crippen molar-refractivity contribution in [3.05, 3.63) is 12.1 Å². The van der Waals surface area contributed by atoms with Crippen LogP contribution in [0.2, 0.25) is 0 Å². The lowest BCUT2D eigenvalue weighted by Crippen LogP contribution is -2.06. The third-order valence-corrected chi connectivity index (χ3v) is 2.07. The fraction of sp³-hybridized carbons (Fsp3) is 0.455. The maximum atomic E-state index is 9.66. The molecule has 0 saturated heterocycles. The van der Waals surface area contributed by atoms with Crippen molar-refractivity contribution in [3.63, 3.8) is 0 Å². The number of hydrogen-bond acceptors (Lipinski definition) is 5. The van der Waals surface area contributed by atoms with Gasteiger partial charge < -0.3 is 25.1 Å². The molecule has 16 heavy (non-hydrogen) atoms. The Hall–Kier alpha value is -1.62. The lowest BCUT2D eigenvalue weighted by Gasteiger charge is -2.11. The fourth-order valence-corrected chi connectivity index (χ4v) is 1.23. The van der Waals surface area contributed by atoms with Crippen LogP contribution in [0.5, 0.6) is 23.0 Å². The highest BCUT2D eigenvalue weighted by Gasteiger charge is 2.11. The minimum atomic E-state index is -0.0313. The second kappa shape index (κ2) is 6.07. The van der Waals surface area contributed by atoms with Gasteiger partial charge in [0.1, 0.15) is 5.75 Å². The molecule has 90 valence electrons. The molecule has 0 aromatic heterocycles. The molecule has 0 aliphatic carbocycles. The van der Waals surface area contributed by atoms with Gasteiger partial charge in [-0.05, 0) is 13.0 Å². The summed E-state index contributed by atoms with van der Waals surface area (Å²) in [5, 5.41) is 9.66. The van der Waals surface area contributed by atoms with Crippen molar-refractivity contribution < 1.29 is 19.3 Å². The van der Waals surface area contributed by atoms with Crippen LogP contribution in [0, 0.1) is 0 Å². The molecule has 0 unspecified atom stereocenters. The highest BCUT2D eigenvalue weighted by atomic mass is 16.5. The smallest absolute Gasteiger partial charge is 0.201 e. The van der Waals surface area contributed by atoms with E-state index in [4.69, 9.17) is 19.9 Å². The van der Waals surface area contributed by atoms with Crippen molar-refractivity contribution in [3.8, 4) is 23.0 Å². The van der Waals surface area contributed by atoms with Crippen LogP contribution >= 0.6 is 0 Å². The molecule has 1 aromatic carbocycles. The molecular formula is C11H17NO4. The lowest BCUT2D eigenvalue weighted by molar-refractivity contribution is 0.300. The zero-order chi connectivity index (χ0) is 12.0. The molecule has 5 nitrogen and oxygen atoms in total. The van der Waals surface area contributed by atoms with Crippen molar-refractivity contribution in [1.29, 1.82) is 0 Å². The van der Waals surface area contributed by atoms with Gasteiger partial charge in [0.05, 0.1) is 20.8 Å². The summed E-state index contributed by atoms with van der Waals surface area (Å²) in [4.78, 5) is 0. The summed E-state index contributed by atoms with van der Waals surface area (Å²) in [7, 11) is 2.94. The van der Waals surface area contributed by atoms with Crippen molar-refractivity contribution in [2.24, 2.45) is 5.73 Å². The first-order valence-electron chi connectivity index (χ1n) is 5.00. The number of methoxy groups -OCH3 is 2. The number of aromatic hydroxyl groups is 1. The zero-order valence-corrected chi connectivity index (χ0v) is 9.53. The van der Waals surface area contributed by atoms with Crippen LogP contribution < -0.4 is 19.9 Å². The SMILES string of the molecule is COc1cc(OCCCN)cc(OC)c1O. The van der Waals surface area contributed by atoms with E-state index in [1.54, 1.807) is 12.1 Å². The van der Waals surface area contributed by atoms with Gasteiger partial charge in [-0.2, -0.15) is 0 Å². The minimum Gasteiger partial charge on any atom is -0.502 e. The van der Waals surface area contributed by atoms with Gasteiger partial charge in [0.25, 0.3) is 0 Å². The number of ether oxygens (including phenoxy) is 3. The van der Waals surface area contributed by atoms with Crippen LogP contribution in [-0.2, 0) is 0 Å². The van der Waals surface area contributed by atoms with Crippen LogP contribution in [0.1, 0.15) is 6.42 Å². The number of hydrogen-bond donors (Lipinski definition) is 2. The average molecular weight is 227 g/mol. The van der Waals surface area contributed by atoms with Crippen molar-refractivity contribution in [1.82, 2.24) is 0 Å². The first kappa shape index (κ1) is 12.4. The normalized spacial score (nSPS) is 9.94. The molecule has 0 aliphatic heterocycles. The standard InChI is InChI=1S/C11H17NO4/c1-14-9-6-8(16-5-3-4-12)7-10(15-2)11(9)13/h6-7,13H,3-5,12H2,1-2H3. The van der Waals surface area contributed by atoms with E-state index in [2.05, 4.69) is 0 Å². The number of rotatable bonds is 6. The van der Waals surface area contributed by atoms with Gasteiger partial charge in [-0.15, -0.1) is 0 Å². The second-order valence-corrected chi connectivity index (χ2v) is 3.17. The first-order chi connectivity index (χ1) is 7.72. The van der Waals surface area contributed by atoms with E-state index in [0.717, 1.165) is 6.42 Å². The monoisotopic (exact) mass is 227 g/mol. The summed E-state index contributed by atoms with van der Waals surface area (Å²) in [5.41, 5.74) is 5.36. The Labute approximate surface area is 94.7 Å².